The Morgan fingerprint density at radius 2 is 1.68 bits per heavy atom. The fourth-order valence-corrected chi connectivity index (χ4v) is 2.35. The molecule has 114 valence electrons. The summed E-state index contributed by atoms with van der Waals surface area (Å²) < 4.78 is 5.35. The normalized spacial score (nSPS) is 14.7. The Hall–Kier alpha value is -2.63. The average Bonchev–Trinajstić information content (AvgIpc) is 2.61. The van der Waals surface area contributed by atoms with Gasteiger partial charge in [-0.05, 0) is 11.6 Å². The molecule has 1 amide bonds. The number of carbonyl (C=O) groups excluding carboxylic acids is 1. The van der Waals surface area contributed by atoms with Crippen LogP contribution in [0.3, 0.4) is 0 Å². The van der Waals surface area contributed by atoms with Gasteiger partial charge in [-0.25, -0.2) is 14.8 Å². The molecular formula is C16H18N4O2. The molecule has 0 bridgehead atoms. The second-order valence-electron chi connectivity index (χ2n) is 5.06. The average molecular weight is 298 g/mol. The molecule has 0 aliphatic carbocycles. The fraction of sp³-hybridized carbons (Fsp3) is 0.312. The Morgan fingerprint density at radius 1 is 1.00 bits per heavy atom. The summed E-state index contributed by atoms with van der Waals surface area (Å²) in [4.78, 5) is 24.3. The van der Waals surface area contributed by atoms with Crippen LogP contribution in [0.4, 0.5) is 10.7 Å². The van der Waals surface area contributed by atoms with Gasteiger partial charge in [-0.1, -0.05) is 30.3 Å². The van der Waals surface area contributed by atoms with Gasteiger partial charge in [0.15, 0.2) is 0 Å². The predicted molar refractivity (Wildman–Crippen MR) is 82.4 cm³/mol. The number of ether oxygens (including phenoxy) is 1. The molecule has 22 heavy (non-hydrogen) atoms. The second-order valence-corrected chi connectivity index (χ2v) is 5.06. The number of rotatable bonds is 3. The number of anilines is 1. The third-order valence-electron chi connectivity index (χ3n) is 3.58. The molecule has 1 aromatic heterocycles. The zero-order chi connectivity index (χ0) is 15.2. The maximum Gasteiger partial charge on any atom is 0.410 e. The van der Waals surface area contributed by atoms with Crippen LogP contribution >= 0.6 is 0 Å². The first-order valence-electron chi connectivity index (χ1n) is 7.30. The first-order chi connectivity index (χ1) is 10.8. The molecule has 6 heteroatoms. The zero-order valence-corrected chi connectivity index (χ0v) is 12.3. The number of benzene rings is 1. The molecule has 1 fully saturated rings. The number of aromatic nitrogens is 2. The van der Waals surface area contributed by atoms with E-state index in [1.807, 2.05) is 30.3 Å². The third-order valence-corrected chi connectivity index (χ3v) is 3.58. The molecule has 1 aromatic carbocycles. The van der Waals surface area contributed by atoms with Crippen LogP contribution in [0.1, 0.15) is 5.56 Å². The van der Waals surface area contributed by atoms with Gasteiger partial charge in [0.1, 0.15) is 6.61 Å². The molecule has 2 aromatic rings. The number of amides is 1. The summed E-state index contributed by atoms with van der Waals surface area (Å²) in [7, 11) is 0. The summed E-state index contributed by atoms with van der Waals surface area (Å²) in [6, 6.07) is 11.5. The van der Waals surface area contributed by atoms with Gasteiger partial charge in [0.2, 0.25) is 5.95 Å². The van der Waals surface area contributed by atoms with Gasteiger partial charge >= 0.3 is 6.09 Å². The van der Waals surface area contributed by atoms with Gasteiger partial charge in [-0.15, -0.1) is 0 Å². The lowest BCUT2D eigenvalue weighted by Crippen LogP contribution is -2.49. The highest BCUT2D eigenvalue weighted by Crippen LogP contribution is 2.11. The smallest absolute Gasteiger partial charge is 0.410 e. The van der Waals surface area contributed by atoms with Crippen LogP contribution < -0.4 is 4.90 Å². The van der Waals surface area contributed by atoms with E-state index in [1.165, 1.54) is 0 Å². The van der Waals surface area contributed by atoms with Crippen molar-refractivity contribution in [1.29, 1.82) is 0 Å². The van der Waals surface area contributed by atoms with E-state index in [0.29, 0.717) is 38.7 Å². The van der Waals surface area contributed by atoms with Crippen LogP contribution in [0.25, 0.3) is 0 Å². The van der Waals surface area contributed by atoms with Crippen molar-refractivity contribution in [2.75, 3.05) is 31.1 Å². The lowest BCUT2D eigenvalue weighted by molar-refractivity contribution is 0.0941. The minimum atomic E-state index is -0.266. The van der Waals surface area contributed by atoms with Gasteiger partial charge in [0.25, 0.3) is 0 Å². The minimum Gasteiger partial charge on any atom is -0.445 e. The standard InChI is InChI=1S/C16H18N4O2/c21-16(22-13-14-5-2-1-3-6-14)20-11-9-19(10-12-20)15-17-7-4-8-18-15/h1-8H,9-13H2. The molecule has 0 radical (unpaired) electrons. The van der Waals surface area contributed by atoms with E-state index < -0.39 is 0 Å². The van der Waals surface area contributed by atoms with Crippen molar-refractivity contribution in [3.8, 4) is 0 Å². The largest absolute Gasteiger partial charge is 0.445 e. The Morgan fingerprint density at radius 3 is 2.36 bits per heavy atom. The third kappa shape index (κ3) is 3.52. The highest BCUT2D eigenvalue weighted by atomic mass is 16.6. The fourth-order valence-electron chi connectivity index (χ4n) is 2.35. The summed E-state index contributed by atoms with van der Waals surface area (Å²) >= 11 is 0. The van der Waals surface area contributed by atoms with Crippen LogP contribution in [0, 0.1) is 0 Å². The molecule has 0 N–H and O–H groups in total. The molecular weight excluding hydrogens is 280 g/mol. The van der Waals surface area contributed by atoms with Gasteiger partial charge in [-0.2, -0.15) is 0 Å². The SMILES string of the molecule is O=C(OCc1ccccc1)N1CCN(c2ncccn2)CC1. The number of hydrogen-bond donors (Lipinski definition) is 0. The highest BCUT2D eigenvalue weighted by molar-refractivity contribution is 5.68. The Bertz CT molecular complexity index is 598. The molecule has 0 atom stereocenters. The first kappa shape index (κ1) is 14.3. The summed E-state index contributed by atoms with van der Waals surface area (Å²) in [5, 5.41) is 0. The van der Waals surface area contributed by atoms with Crippen molar-refractivity contribution in [3.05, 3.63) is 54.4 Å². The lowest BCUT2D eigenvalue weighted by Gasteiger charge is -2.33. The molecule has 6 nitrogen and oxygen atoms in total. The predicted octanol–water partition coefficient (Wildman–Crippen LogP) is 1.94. The minimum absolute atomic E-state index is 0.266. The van der Waals surface area contributed by atoms with Crippen LogP contribution in [0.5, 0.6) is 0 Å². The quantitative estimate of drug-likeness (QED) is 0.866. The van der Waals surface area contributed by atoms with Gasteiger partial charge in [-0.3, -0.25) is 0 Å². The van der Waals surface area contributed by atoms with E-state index in [4.69, 9.17) is 4.74 Å². The molecule has 1 aliphatic rings. The van der Waals surface area contributed by atoms with Crippen molar-refractivity contribution in [2.45, 2.75) is 6.61 Å². The number of piperazine rings is 1. The Kier molecular flexibility index (Phi) is 4.48. The summed E-state index contributed by atoms with van der Waals surface area (Å²) in [5.41, 5.74) is 0.993. The number of hydrogen-bond acceptors (Lipinski definition) is 5. The van der Waals surface area contributed by atoms with Gasteiger partial charge in [0.05, 0.1) is 0 Å². The Balaban J connectivity index is 1.48. The molecule has 1 saturated heterocycles. The molecule has 2 heterocycles. The summed E-state index contributed by atoms with van der Waals surface area (Å²) in [6.45, 7) is 2.97. The van der Waals surface area contributed by atoms with Crippen molar-refractivity contribution in [2.24, 2.45) is 0 Å². The van der Waals surface area contributed by atoms with E-state index in [2.05, 4.69) is 14.9 Å². The first-order valence-corrected chi connectivity index (χ1v) is 7.30. The lowest BCUT2D eigenvalue weighted by atomic mass is 10.2. The number of carbonyl (C=O) groups is 1. The van der Waals surface area contributed by atoms with Gasteiger partial charge in [0, 0.05) is 38.6 Å². The van der Waals surface area contributed by atoms with E-state index in [-0.39, 0.29) is 6.09 Å². The molecule has 1 aliphatic heterocycles. The highest BCUT2D eigenvalue weighted by Gasteiger charge is 2.23. The van der Waals surface area contributed by atoms with Crippen LogP contribution in [0.15, 0.2) is 48.8 Å². The van der Waals surface area contributed by atoms with Crippen LogP contribution in [0.2, 0.25) is 0 Å². The molecule has 0 unspecified atom stereocenters. The van der Waals surface area contributed by atoms with Crippen molar-refractivity contribution >= 4 is 12.0 Å². The summed E-state index contributed by atoms with van der Waals surface area (Å²) in [5.74, 6) is 0.708. The molecule has 0 saturated carbocycles. The molecule has 0 spiro atoms. The van der Waals surface area contributed by atoms with Gasteiger partial charge < -0.3 is 14.5 Å². The topological polar surface area (TPSA) is 58.6 Å². The Labute approximate surface area is 129 Å². The monoisotopic (exact) mass is 298 g/mol. The number of nitrogens with zero attached hydrogens (tertiary/aromatic N) is 4. The van der Waals surface area contributed by atoms with Crippen molar-refractivity contribution in [1.82, 2.24) is 14.9 Å². The zero-order valence-electron chi connectivity index (χ0n) is 12.3. The molecule has 3 rings (SSSR count). The maximum atomic E-state index is 12.1. The van der Waals surface area contributed by atoms with E-state index in [1.54, 1.807) is 23.4 Å². The van der Waals surface area contributed by atoms with E-state index in [9.17, 15) is 4.79 Å². The van der Waals surface area contributed by atoms with E-state index in [0.717, 1.165) is 5.56 Å². The maximum absolute atomic E-state index is 12.1. The van der Waals surface area contributed by atoms with Crippen LogP contribution in [-0.2, 0) is 11.3 Å². The van der Waals surface area contributed by atoms with E-state index >= 15 is 0 Å². The summed E-state index contributed by atoms with van der Waals surface area (Å²) in [6.07, 6.45) is 3.18. The second kappa shape index (κ2) is 6.89. The van der Waals surface area contributed by atoms with Crippen molar-refractivity contribution < 1.29 is 9.53 Å². The van der Waals surface area contributed by atoms with Crippen LogP contribution in [-0.4, -0.2) is 47.1 Å². The van der Waals surface area contributed by atoms with Crippen molar-refractivity contribution in [3.63, 3.8) is 0 Å².